The van der Waals surface area contributed by atoms with Crippen LogP contribution in [0.25, 0.3) is 0 Å². The van der Waals surface area contributed by atoms with Crippen molar-refractivity contribution in [2.75, 3.05) is 26.8 Å². The molecule has 0 aliphatic carbocycles. The van der Waals surface area contributed by atoms with Gasteiger partial charge in [-0.05, 0) is 31.2 Å². The molecule has 1 rings (SSSR count). The molecule has 0 spiro atoms. The largest absolute Gasteiger partial charge is 0.465 e. The van der Waals surface area contributed by atoms with Gasteiger partial charge in [0.05, 0.1) is 19.3 Å². The molecule has 5 heteroatoms. The average Bonchev–Trinajstić information content (AvgIpc) is 2.41. The first kappa shape index (κ1) is 15.6. The monoisotopic (exact) mass is 269 g/mol. The third kappa shape index (κ3) is 4.61. The van der Waals surface area contributed by atoms with Gasteiger partial charge in [-0.1, -0.05) is 6.92 Å². The lowest BCUT2D eigenvalue weighted by Crippen LogP contribution is -2.27. The number of ether oxygens (including phenoxy) is 1. The number of hydrogen-bond donors (Lipinski definition) is 1. The van der Waals surface area contributed by atoms with Crippen LogP contribution >= 0.6 is 0 Å². The summed E-state index contributed by atoms with van der Waals surface area (Å²) < 4.78 is 18.4. The van der Waals surface area contributed by atoms with Gasteiger partial charge in [0.1, 0.15) is 5.82 Å². The van der Waals surface area contributed by atoms with E-state index in [4.69, 9.17) is 5.11 Å². The van der Waals surface area contributed by atoms with Crippen molar-refractivity contribution in [3.8, 4) is 0 Å². The first-order chi connectivity index (χ1) is 9.12. The molecule has 1 N–H and O–H groups in total. The van der Waals surface area contributed by atoms with Crippen molar-refractivity contribution < 1.29 is 19.0 Å². The summed E-state index contributed by atoms with van der Waals surface area (Å²) in [5.74, 6) is -0.836. The van der Waals surface area contributed by atoms with E-state index in [-0.39, 0.29) is 12.4 Å². The molecule has 4 nitrogen and oxygen atoms in total. The summed E-state index contributed by atoms with van der Waals surface area (Å²) in [4.78, 5) is 13.4. The average molecular weight is 269 g/mol. The fourth-order valence-corrected chi connectivity index (χ4v) is 1.91. The maximum Gasteiger partial charge on any atom is 0.337 e. The molecule has 0 aromatic heterocycles. The van der Waals surface area contributed by atoms with Gasteiger partial charge in [0, 0.05) is 18.7 Å². The Morgan fingerprint density at radius 3 is 2.74 bits per heavy atom. The lowest BCUT2D eigenvalue weighted by Gasteiger charge is -2.21. The Morgan fingerprint density at radius 2 is 2.16 bits per heavy atom. The third-order valence-corrected chi connectivity index (χ3v) is 2.82. The first-order valence-electron chi connectivity index (χ1n) is 6.32. The summed E-state index contributed by atoms with van der Waals surface area (Å²) in [5.41, 5.74) is 0.768. The van der Waals surface area contributed by atoms with Gasteiger partial charge >= 0.3 is 5.97 Å². The van der Waals surface area contributed by atoms with Gasteiger partial charge in [-0.2, -0.15) is 0 Å². The highest BCUT2D eigenvalue weighted by molar-refractivity contribution is 5.89. The van der Waals surface area contributed by atoms with Crippen molar-refractivity contribution in [1.82, 2.24) is 4.90 Å². The van der Waals surface area contributed by atoms with E-state index in [0.717, 1.165) is 13.0 Å². The number of nitrogens with zero attached hydrogens (tertiary/aromatic N) is 1. The summed E-state index contributed by atoms with van der Waals surface area (Å²) in [7, 11) is 1.29. The van der Waals surface area contributed by atoms with Crippen LogP contribution in [0.15, 0.2) is 18.2 Å². The number of aliphatic hydroxyl groups is 1. The van der Waals surface area contributed by atoms with Gasteiger partial charge in [0.15, 0.2) is 0 Å². The summed E-state index contributed by atoms with van der Waals surface area (Å²) >= 11 is 0. The van der Waals surface area contributed by atoms with Crippen LogP contribution in [0.3, 0.4) is 0 Å². The van der Waals surface area contributed by atoms with E-state index in [1.54, 1.807) is 0 Å². The van der Waals surface area contributed by atoms with E-state index < -0.39 is 5.97 Å². The Hall–Kier alpha value is -1.46. The lowest BCUT2D eigenvalue weighted by molar-refractivity contribution is 0.0600. The number of esters is 1. The number of aliphatic hydroxyl groups excluding tert-OH is 1. The molecule has 0 saturated heterocycles. The second-order valence-corrected chi connectivity index (χ2v) is 4.30. The Morgan fingerprint density at radius 1 is 1.42 bits per heavy atom. The number of rotatable bonds is 7. The van der Waals surface area contributed by atoms with Crippen LogP contribution in [0, 0.1) is 5.82 Å². The van der Waals surface area contributed by atoms with Crippen LogP contribution in [-0.4, -0.2) is 42.8 Å². The van der Waals surface area contributed by atoms with E-state index >= 15 is 0 Å². The second-order valence-electron chi connectivity index (χ2n) is 4.30. The molecule has 0 amide bonds. The second kappa shape index (κ2) is 7.86. The summed E-state index contributed by atoms with van der Waals surface area (Å²) in [6, 6.07) is 4.17. The maximum atomic E-state index is 13.7. The Balaban J connectivity index is 2.88. The number of methoxy groups -OCH3 is 1. The number of carbonyl (C=O) groups excluding carboxylic acids is 1. The Kier molecular flexibility index (Phi) is 6.45. The van der Waals surface area contributed by atoms with Crippen LogP contribution in [0.5, 0.6) is 0 Å². The molecule has 19 heavy (non-hydrogen) atoms. The molecular formula is C14H20FNO3. The van der Waals surface area contributed by atoms with E-state index in [1.165, 1.54) is 25.3 Å². The van der Waals surface area contributed by atoms with E-state index in [1.807, 2.05) is 11.8 Å². The topological polar surface area (TPSA) is 49.8 Å². The Bertz CT molecular complexity index is 417. The number of hydrogen-bond acceptors (Lipinski definition) is 4. The van der Waals surface area contributed by atoms with Crippen molar-refractivity contribution >= 4 is 5.97 Å². The SMILES string of the molecule is CCCN(CCO)Cc1cc(C(=O)OC)ccc1F. The van der Waals surface area contributed by atoms with Gasteiger partial charge in [-0.15, -0.1) is 0 Å². The normalized spacial score (nSPS) is 10.8. The quantitative estimate of drug-likeness (QED) is 0.767. The smallest absolute Gasteiger partial charge is 0.337 e. The minimum absolute atomic E-state index is 0.0261. The zero-order valence-electron chi connectivity index (χ0n) is 11.4. The molecule has 0 fully saturated rings. The predicted octanol–water partition coefficient (Wildman–Crippen LogP) is 1.82. The van der Waals surface area contributed by atoms with Crippen LogP contribution in [0.4, 0.5) is 4.39 Å². The van der Waals surface area contributed by atoms with Crippen LogP contribution in [0.2, 0.25) is 0 Å². The number of benzene rings is 1. The number of carbonyl (C=O) groups is 1. The minimum atomic E-state index is -0.481. The van der Waals surface area contributed by atoms with Crippen LogP contribution in [-0.2, 0) is 11.3 Å². The summed E-state index contributed by atoms with van der Waals surface area (Å²) in [5, 5.41) is 8.98. The van der Waals surface area contributed by atoms with Crippen LogP contribution < -0.4 is 0 Å². The predicted molar refractivity (Wildman–Crippen MR) is 70.4 cm³/mol. The fourth-order valence-electron chi connectivity index (χ4n) is 1.91. The van der Waals surface area contributed by atoms with Crippen molar-refractivity contribution in [2.24, 2.45) is 0 Å². The highest BCUT2D eigenvalue weighted by atomic mass is 19.1. The Labute approximate surface area is 112 Å². The van der Waals surface area contributed by atoms with Crippen molar-refractivity contribution in [3.05, 3.63) is 35.1 Å². The van der Waals surface area contributed by atoms with E-state index in [9.17, 15) is 9.18 Å². The molecule has 0 radical (unpaired) electrons. The molecule has 0 unspecified atom stereocenters. The maximum absolute atomic E-state index is 13.7. The molecular weight excluding hydrogens is 249 g/mol. The van der Waals surface area contributed by atoms with Gasteiger partial charge in [0.25, 0.3) is 0 Å². The summed E-state index contributed by atoms with van der Waals surface area (Å²) in [6.07, 6.45) is 0.915. The molecule has 1 aromatic carbocycles. The van der Waals surface area contributed by atoms with Crippen molar-refractivity contribution in [2.45, 2.75) is 19.9 Å². The minimum Gasteiger partial charge on any atom is -0.465 e. The van der Waals surface area contributed by atoms with Gasteiger partial charge in [-0.3, -0.25) is 4.90 Å². The molecule has 106 valence electrons. The van der Waals surface area contributed by atoms with Crippen LogP contribution in [0.1, 0.15) is 29.3 Å². The zero-order chi connectivity index (χ0) is 14.3. The van der Waals surface area contributed by atoms with Crippen molar-refractivity contribution in [1.29, 1.82) is 0 Å². The van der Waals surface area contributed by atoms with Crippen molar-refractivity contribution in [3.63, 3.8) is 0 Å². The number of halogens is 1. The first-order valence-corrected chi connectivity index (χ1v) is 6.32. The fraction of sp³-hybridized carbons (Fsp3) is 0.500. The van der Waals surface area contributed by atoms with E-state index in [0.29, 0.717) is 24.2 Å². The van der Waals surface area contributed by atoms with Gasteiger partial charge < -0.3 is 9.84 Å². The zero-order valence-corrected chi connectivity index (χ0v) is 11.4. The molecule has 0 heterocycles. The van der Waals surface area contributed by atoms with Gasteiger partial charge in [0.2, 0.25) is 0 Å². The highest BCUT2D eigenvalue weighted by Crippen LogP contribution is 2.14. The molecule has 0 atom stereocenters. The summed E-state index contributed by atoms with van der Waals surface area (Å²) in [6.45, 7) is 3.66. The molecule has 0 saturated carbocycles. The van der Waals surface area contributed by atoms with E-state index in [2.05, 4.69) is 4.74 Å². The lowest BCUT2D eigenvalue weighted by atomic mass is 10.1. The van der Waals surface area contributed by atoms with Gasteiger partial charge in [-0.25, -0.2) is 9.18 Å². The highest BCUT2D eigenvalue weighted by Gasteiger charge is 2.12. The standard InChI is InChI=1S/C14H20FNO3/c1-3-6-16(7-8-17)10-12-9-11(14(18)19-2)4-5-13(12)15/h4-5,9,17H,3,6-8,10H2,1-2H3. The molecule has 0 aliphatic heterocycles. The molecule has 1 aromatic rings. The molecule has 0 bridgehead atoms. The molecule has 0 aliphatic rings. The third-order valence-electron chi connectivity index (χ3n) is 2.82.